The maximum Gasteiger partial charge on any atom is 0.275 e. The van der Waals surface area contributed by atoms with Gasteiger partial charge in [0, 0.05) is 0 Å². The molecule has 0 radical (unpaired) electrons. The third kappa shape index (κ3) is 4.74. The molecule has 28 heavy (non-hydrogen) atoms. The molecule has 1 amide bonds. The molecule has 1 N–H and O–H groups in total. The molecule has 3 aromatic rings. The van der Waals surface area contributed by atoms with Gasteiger partial charge in [-0.15, -0.1) is 0 Å². The summed E-state index contributed by atoms with van der Waals surface area (Å²) in [5.74, 6) is 0.180. The predicted molar refractivity (Wildman–Crippen MR) is 114 cm³/mol. The van der Waals surface area contributed by atoms with Crippen molar-refractivity contribution in [1.29, 1.82) is 0 Å². The zero-order valence-corrected chi connectivity index (χ0v) is 15.8. The van der Waals surface area contributed by atoms with E-state index in [0.29, 0.717) is 17.9 Å². The number of ether oxygens (including phenoxy) is 1. The molecule has 0 aliphatic rings. The maximum atomic E-state index is 12.5. The molecule has 4 nitrogen and oxygen atoms in total. The Kier molecular flexibility index (Phi) is 6.37. The van der Waals surface area contributed by atoms with Crippen molar-refractivity contribution in [1.82, 2.24) is 5.43 Å². The van der Waals surface area contributed by atoms with Crippen LogP contribution in [0.15, 0.2) is 96.6 Å². The van der Waals surface area contributed by atoms with Crippen LogP contribution < -0.4 is 10.2 Å². The average Bonchev–Trinajstić information content (AvgIpc) is 2.76. The van der Waals surface area contributed by atoms with Crippen LogP contribution >= 0.6 is 0 Å². The highest BCUT2D eigenvalue weighted by atomic mass is 16.5. The van der Waals surface area contributed by atoms with Gasteiger partial charge in [-0.1, -0.05) is 79.4 Å². The van der Waals surface area contributed by atoms with E-state index in [9.17, 15) is 4.79 Å². The first-order valence-corrected chi connectivity index (χ1v) is 9.02. The van der Waals surface area contributed by atoms with E-state index in [1.807, 2.05) is 55.5 Å². The van der Waals surface area contributed by atoms with Crippen LogP contribution in [0.3, 0.4) is 0 Å². The second-order valence-electron chi connectivity index (χ2n) is 6.18. The van der Waals surface area contributed by atoms with Gasteiger partial charge in [-0.2, -0.15) is 5.10 Å². The smallest absolute Gasteiger partial charge is 0.275 e. The fourth-order valence-electron chi connectivity index (χ4n) is 2.72. The van der Waals surface area contributed by atoms with Crippen molar-refractivity contribution < 1.29 is 9.53 Å². The minimum Gasteiger partial charge on any atom is -0.489 e. The van der Waals surface area contributed by atoms with Crippen LogP contribution in [0.2, 0.25) is 0 Å². The largest absolute Gasteiger partial charge is 0.489 e. The van der Waals surface area contributed by atoms with E-state index in [-0.39, 0.29) is 5.91 Å². The second-order valence-corrected chi connectivity index (χ2v) is 6.18. The number of benzene rings is 3. The van der Waals surface area contributed by atoms with E-state index >= 15 is 0 Å². The highest BCUT2D eigenvalue weighted by Gasteiger charge is 2.11. The van der Waals surface area contributed by atoms with E-state index < -0.39 is 0 Å². The van der Waals surface area contributed by atoms with E-state index in [1.165, 1.54) is 0 Å². The molecule has 0 saturated heterocycles. The number of rotatable bonds is 7. The molecule has 0 heterocycles. The average molecular weight is 370 g/mol. The molecular formula is C24H22N2O2. The summed E-state index contributed by atoms with van der Waals surface area (Å²) >= 11 is 0. The third-order valence-electron chi connectivity index (χ3n) is 4.22. The fraction of sp³-hybridized carbons (Fsp3) is 0.0833. The number of carbonyl (C=O) groups is 1. The molecule has 0 atom stereocenters. The Hall–Kier alpha value is -3.66. The first-order valence-electron chi connectivity index (χ1n) is 9.02. The summed E-state index contributed by atoms with van der Waals surface area (Å²) in [6.07, 6.45) is 1.64. The van der Waals surface area contributed by atoms with Gasteiger partial charge >= 0.3 is 0 Å². The monoisotopic (exact) mass is 370 g/mol. The van der Waals surface area contributed by atoms with E-state index in [4.69, 9.17) is 4.74 Å². The van der Waals surface area contributed by atoms with Crippen molar-refractivity contribution >= 4 is 11.6 Å². The van der Waals surface area contributed by atoms with Crippen LogP contribution in [0.1, 0.15) is 22.8 Å². The van der Waals surface area contributed by atoms with E-state index in [2.05, 4.69) is 29.2 Å². The van der Waals surface area contributed by atoms with Crippen LogP contribution in [0, 0.1) is 0 Å². The standard InChI is InChI=1S/C24H22N2O2/c1-3-17-28-23-12-8-7-11-22(23)24(27)26-25-18(2)19-13-15-21(16-14-19)20-9-5-4-6-10-20/h3-16H,1,17H2,2H3,(H,26,27). The Labute approximate surface area is 165 Å². The summed E-state index contributed by atoms with van der Waals surface area (Å²) in [5.41, 5.74) is 6.99. The van der Waals surface area contributed by atoms with Gasteiger partial charge in [-0.3, -0.25) is 4.79 Å². The number of hydrogen-bond donors (Lipinski definition) is 1. The third-order valence-corrected chi connectivity index (χ3v) is 4.22. The van der Waals surface area contributed by atoms with Crippen LogP contribution in [0.4, 0.5) is 0 Å². The minimum atomic E-state index is -0.320. The summed E-state index contributed by atoms with van der Waals surface area (Å²) in [6.45, 7) is 5.81. The first kappa shape index (κ1) is 19.1. The topological polar surface area (TPSA) is 50.7 Å². The Balaban J connectivity index is 1.70. The molecule has 0 bridgehead atoms. The number of para-hydroxylation sites is 1. The highest BCUT2D eigenvalue weighted by Crippen LogP contribution is 2.20. The number of nitrogens with zero attached hydrogens (tertiary/aromatic N) is 1. The Morgan fingerprint density at radius 3 is 2.32 bits per heavy atom. The molecule has 0 saturated carbocycles. The number of hydrazone groups is 1. The summed E-state index contributed by atoms with van der Waals surface area (Å²) in [6, 6.07) is 25.3. The van der Waals surface area contributed by atoms with E-state index in [1.54, 1.807) is 24.3 Å². The molecular weight excluding hydrogens is 348 g/mol. The van der Waals surface area contributed by atoms with Gasteiger partial charge in [0.2, 0.25) is 0 Å². The lowest BCUT2D eigenvalue weighted by atomic mass is 10.0. The van der Waals surface area contributed by atoms with Gasteiger partial charge in [-0.25, -0.2) is 5.43 Å². The Morgan fingerprint density at radius 1 is 0.964 bits per heavy atom. The Morgan fingerprint density at radius 2 is 1.61 bits per heavy atom. The molecule has 0 fully saturated rings. The number of carbonyl (C=O) groups excluding carboxylic acids is 1. The quantitative estimate of drug-likeness (QED) is 0.358. The van der Waals surface area contributed by atoms with Crippen molar-refractivity contribution in [2.45, 2.75) is 6.92 Å². The lowest BCUT2D eigenvalue weighted by molar-refractivity contribution is 0.0951. The van der Waals surface area contributed by atoms with E-state index in [0.717, 1.165) is 22.4 Å². The maximum absolute atomic E-state index is 12.5. The molecule has 0 aromatic heterocycles. The van der Waals surface area contributed by atoms with Gasteiger partial charge in [0.1, 0.15) is 12.4 Å². The van der Waals surface area contributed by atoms with Gasteiger partial charge in [0.25, 0.3) is 5.91 Å². The first-order chi connectivity index (χ1) is 13.7. The Bertz CT molecular complexity index is 977. The van der Waals surface area contributed by atoms with Crippen LogP contribution in [-0.2, 0) is 0 Å². The summed E-state index contributed by atoms with van der Waals surface area (Å²) in [4.78, 5) is 12.5. The number of nitrogens with one attached hydrogen (secondary N) is 1. The van der Waals surface area contributed by atoms with Crippen molar-refractivity contribution in [3.05, 3.63) is 103 Å². The zero-order chi connectivity index (χ0) is 19.8. The van der Waals surface area contributed by atoms with Crippen molar-refractivity contribution in [3.63, 3.8) is 0 Å². The summed E-state index contributed by atoms with van der Waals surface area (Å²) in [5, 5.41) is 4.24. The summed E-state index contributed by atoms with van der Waals surface area (Å²) in [7, 11) is 0. The fourth-order valence-corrected chi connectivity index (χ4v) is 2.72. The lowest BCUT2D eigenvalue weighted by Crippen LogP contribution is -2.20. The predicted octanol–water partition coefficient (Wildman–Crippen LogP) is 5.07. The lowest BCUT2D eigenvalue weighted by Gasteiger charge is -2.09. The van der Waals surface area contributed by atoms with Gasteiger partial charge in [-0.05, 0) is 35.7 Å². The molecule has 0 unspecified atom stereocenters. The second kappa shape index (κ2) is 9.33. The van der Waals surface area contributed by atoms with Crippen LogP contribution in [-0.4, -0.2) is 18.2 Å². The SMILES string of the molecule is C=CCOc1ccccc1C(=O)NN=C(C)c1ccc(-c2ccccc2)cc1. The number of hydrogen-bond acceptors (Lipinski definition) is 3. The molecule has 0 aliphatic carbocycles. The molecule has 140 valence electrons. The normalized spacial score (nSPS) is 11.0. The minimum absolute atomic E-state index is 0.320. The van der Waals surface area contributed by atoms with Crippen molar-refractivity contribution in [3.8, 4) is 16.9 Å². The van der Waals surface area contributed by atoms with Crippen molar-refractivity contribution in [2.75, 3.05) is 6.61 Å². The van der Waals surface area contributed by atoms with Crippen LogP contribution in [0.25, 0.3) is 11.1 Å². The number of amides is 1. The molecule has 0 spiro atoms. The van der Waals surface area contributed by atoms with Crippen molar-refractivity contribution in [2.24, 2.45) is 5.10 Å². The van der Waals surface area contributed by atoms with Gasteiger partial charge < -0.3 is 4.74 Å². The molecule has 3 rings (SSSR count). The molecule has 4 heteroatoms. The zero-order valence-electron chi connectivity index (χ0n) is 15.8. The van der Waals surface area contributed by atoms with Crippen LogP contribution in [0.5, 0.6) is 5.75 Å². The van der Waals surface area contributed by atoms with Gasteiger partial charge in [0.15, 0.2) is 0 Å². The molecule has 3 aromatic carbocycles. The highest BCUT2D eigenvalue weighted by molar-refractivity contribution is 6.01. The summed E-state index contributed by atoms with van der Waals surface area (Å²) < 4.78 is 5.53. The van der Waals surface area contributed by atoms with Gasteiger partial charge in [0.05, 0.1) is 11.3 Å². The molecule has 0 aliphatic heterocycles.